The van der Waals surface area contributed by atoms with Crippen LogP contribution in [0.4, 0.5) is 0 Å². The van der Waals surface area contributed by atoms with Gasteiger partial charge in [0.15, 0.2) is 5.82 Å². The Morgan fingerprint density at radius 3 is 2.59 bits per heavy atom. The molecule has 3 rings (SSSR count). The molecule has 0 bridgehead atoms. The number of aromatic nitrogens is 3. The molecule has 0 aliphatic heterocycles. The van der Waals surface area contributed by atoms with Crippen LogP contribution in [-0.4, -0.2) is 40.9 Å². The molecule has 0 aliphatic carbocycles. The third kappa shape index (κ3) is 4.35. The lowest BCUT2D eigenvalue weighted by atomic mass is 10.1. The number of hydrogen-bond donors (Lipinski definition) is 1. The van der Waals surface area contributed by atoms with Crippen molar-refractivity contribution in [3.05, 3.63) is 64.4 Å². The second-order valence-corrected chi connectivity index (χ2v) is 6.65. The molecule has 3 aromatic rings. The average molecular weight is 385 g/mol. The number of nitrogens with zero attached hydrogens (tertiary/aromatic N) is 3. The number of benzene rings is 2. The van der Waals surface area contributed by atoms with Crippen molar-refractivity contribution < 1.29 is 9.53 Å². The first-order chi connectivity index (χ1) is 13.0. The molecule has 1 heterocycles. The Labute approximate surface area is 163 Å². The molecule has 0 atom stereocenters. The first-order valence-corrected chi connectivity index (χ1v) is 8.95. The SMILES string of the molecule is COCCNC(=O)c1nc(-c2ccc(Cl)cc2)n(-c2ccc(C)cc2C)n1. The molecule has 0 saturated carbocycles. The maximum atomic E-state index is 12.4. The van der Waals surface area contributed by atoms with Gasteiger partial charge in [0.05, 0.1) is 12.3 Å². The largest absolute Gasteiger partial charge is 0.383 e. The summed E-state index contributed by atoms with van der Waals surface area (Å²) in [6, 6.07) is 13.4. The van der Waals surface area contributed by atoms with Crippen LogP contribution >= 0.6 is 11.6 Å². The predicted molar refractivity (Wildman–Crippen MR) is 105 cm³/mol. The fourth-order valence-electron chi connectivity index (χ4n) is 2.75. The summed E-state index contributed by atoms with van der Waals surface area (Å²) >= 11 is 6.01. The standard InChI is InChI=1S/C20H21ClN4O2/c1-13-4-9-17(14(2)12-13)25-19(15-5-7-16(21)8-6-15)23-18(24-25)20(26)22-10-11-27-3/h4-9,12H,10-11H2,1-3H3,(H,22,26). The highest BCUT2D eigenvalue weighted by Crippen LogP contribution is 2.25. The van der Waals surface area contributed by atoms with Crippen LogP contribution in [0.3, 0.4) is 0 Å². The van der Waals surface area contributed by atoms with E-state index in [1.165, 1.54) is 0 Å². The number of methoxy groups -OCH3 is 1. The second-order valence-electron chi connectivity index (χ2n) is 6.22. The van der Waals surface area contributed by atoms with Crippen molar-refractivity contribution in [2.75, 3.05) is 20.3 Å². The number of nitrogens with one attached hydrogen (secondary N) is 1. The summed E-state index contributed by atoms with van der Waals surface area (Å²) in [6.45, 7) is 4.86. The van der Waals surface area contributed by atoms with Crippen LogP contribution in [0.25, 0.3) is 17.1 Å². The molecular weight excluding hydrogens is 364 g/mol. The molecule has 0 aliphatic rings. The van der Waals surface area contributed by atoms with Gasteiger partial charge in [-0.05, 0) is 49.7 Å². The van der Waals surface area contributed by atoms with Crippen LogP contribution in [0.2, 0.25) is 5.02 Å². The Kier molecular flexibility index (Phi) is 5.88. The van der Waals surface area contributed by atoms with E-state index < -0.39 is 0 Å². The van der Waals surface area contributed by atoms with Crippen LogP contribution < -0.4 is 5.32 Å². The third-order valence-corrected chi connectivity index (χ3v) is 4.34. The van der Waals surface area contributed by atoms with Gasteiger partial charge in [-0.3, -0.25) is 4.79 Å². The summed E-state index contributed by atoms with van der Waals surface area (Å²) in [7, 11) is 1.58. The smallest absolute Gasteiger partial charge is 0.291 e. The van der Waals surface area contributed by atoms with Gasteiger partial charge in [0.25, 0.3) is 5.91 Å². The molecule has 6 nitrogen and oxygen atoms in total. The molecule has 1 aromatic heterocycles. The van der Waals surface area contributed by atoms with Gasteiger partial charge >= 0.3 is 0 Å². The molecule has 2 aromatic carbocycles. The molecule has 0 spiro atoms. The zero-order valence-corrected chi connectivity index (χ0v) is 16.2. The highest BCUT2D eigenvalue weighted by molar-refractivity contribution is 6.30. The zero-order chi connectivity index (χ0) is 19.4. The van der Waals surface area contributed by atoms with E-state index in [0.29, 0.717) is 24.0 Å². The highest BCUT2D eigenvalue weighted by Gasteiger charge is 2.19. The highest BCUT2D eigenvalue weighted by atomic mass is 35.5. The molecule has 0 radical (unpaired) electrons. The van der Waals surface area contributed by atoms with E-state index in [-0.39, 0.29) is 11.7 Å². The number of halogens is 1. The topological polar surface area (TPSA) is 69.0 Å². The van der Waals surface area contributed by atoms with Crippen molar-refractivity contribution in [1.29, 1.82) is 0 Å². The monoisotopic (exact) mass is 384 g/mol. The zero-order valence-electron chi connectivity index (χ0n) is 15.5. The number of carbonyl (C=O) groups excluding carboxylic acids is 1. The lowest BCUT2D eigenvalue weighted by molar-refractivity contribution is 0.0927. The Balaban J connectivity index is 2.06. The van der Waals surface area contributed by atoms with Crippen LogP contribution in [0.15, 0.2) is 42.5 Å². The minimum Gasteiger partial charge on any atom is -0.383 e. The maximum absolute atomic E-state index is 12.4. The molecule has 0 fully saturated rings. The molecule has 1 N–H and O–H groups in total. The summed E-state index contributed by atoms with van der Waals surface area (Å²) < 4.78 is 6.66. The Bertz CT molecular complexity index is 951. The van der Waals surface area contributed by atoms with Crippen molar-refractivity contribution in [2.24, 2.45) is 0 Å². The summed E-state index contributed by atoms with van der Waals surface area (Å²) in [4.78, 5) is 16.9. The van der Waals surface area contributed by atoms with E-state index in [9.17, 15) is 4.79 Å². The van der Waals surface area contributed by atoms with Gasteiger partial charge in [0, 0.05) is 24.2 Å². The van der Waals surface area contributed by atoms with Crippen LogP contribution in [0.1, 0.15) is 21.7 Å². The minimum atomic E-state index is -0.342. The van der Waals surface area contributed by atoms with Gasteiger partial charge in [-0.1, -0.05) is 29.3 Å². The summed E-state index contributed by atoms with van der Waals surface area (Å²) in [6.07, 6.45) is 0. The van der Waals surface area contributed by atoms with E-state index >= 15 is 0 Å². The molecule has 0 saturated heterocycles. The Hall–Kier alpha value is -2.70. The van der Waals surface area contributed by atoms with Gasteiger partial charge in [-0.25, -0.2) is 9.67 Å². The van der Waals surface area contributed by atoms with E-state index in [2.05, 4.69) is 21.5 Å². The van der Waals surface area contributed by atoms with Gasteiger partial charge < -0.3 is 10.1 Å². The fraction of sp³-hybridized carbons (Fsp3) is 0.250. The van der Waals surface area contributed by atoms with E-state index in [0.717, 1.165) is 22.4 Å². The molecule has 1 amide bonds. The Morgan fingerprint density at radius 1 is 1.19 bits per heavy atom. The lowest BCUT2D eigenvalue weighted by Crippen LogP contribution is -2.28. The Morgan fingerprint density at radius 2 is 1.93 bits per heavy atom. The van der Waals surface area contributed by atoms with E-state index in [4.69, 9.17) is 16.3 Å². The van der Waals surface area contributed by atoms with Crippen LogP contribution in [0, 0.1) is 13.8 Å². The summed E-state index contributed by atoms with van der Waals surface area (Å²) in [5.74, 6) is 0.345. The molecular formula is C20H21ClN4O2. The molecule has 140 valence electrons. The van der Waals surface area contributed by atoms with Crippen molar-refractivity contribution in [3.63, 3.8) is 0 Å². The van der Waals surface area contributed by atoms with Gasteiger partial charge in [0.1, 0.15) is 0 Å². The van der Waals surface area contributed by atoms with Crippen LogP contribution in [-0.2, 0) is 4.74 Å². The summed E-state index contributed by atoms with van der Waals surface area (Å²) in [5.41, 5.74) is 3.89. The minimum absolute atomic E-state index is 0.107. The number of aryl methyl sites for hydroxylation is 2. The number of ether oxygens (including phenoxy) is 1. The quantitative estimate of drug-likeness (QED) is 0.659. The first kappa shape index (κ1) is 19.1. The van der Waals surface area contributed by atoms with Crippen molar-refractivity contribution in [2.45, 2.75) is 13.8 Å². The van der Waals surface area contributed by atoms with Gasteiger partial charge in [0.2, 0.25) is 5.82 Å². The van der Waals surface area contributed by atoms with Gasteiger partial charge in [-0.2, -0.15) is 0 Å². The summed E-state index contributed by atoms with van der Waals surface area (Å²) in [5, 5.41) is 7.85. The average Bonchev–Trinajstić information content (AvgIpc) is 3.07. The van der Waals surface area contributed by atoms with E-state index in [1.807, 2.05) is 38.1 Å². The fourth-order valence-corrected chi connectivity index (χ4v) is 2.88. The molecule has 7 heteroatoms. The third-order valence-electron chi connectivity index (χ3n) is 4.08. The first-order valence-electron chi connectivity index (χ1n) is 8.57. The van der Waals surface area contributed by atoms with E-state index in [1.54, 1.807) is 23.9 Å². The number of carbonyl (C=O) groups is 1. The van der Waals surface area contributed by atoms with Crippen molar-refractivity contribution in [1.82, 2.24) is 20.1 Å². The second kappa shape index (κ2) is 8.33. The number of amides is 1. The maximum Gasteiger partial charge on any atom is 0.291 e. The van der Waals surface area contributed by atoms with Crippen molar-refractivity contribution >= 4 is 17.5 Å². The number of hydrogen-bond acceptors (Lipinski definition) is 4. The number of rotatable bonds is 6. The predicted octanol–water partition coefficient (Wildman–Crippen LogP) is 3.58. The lowest BCUT2D eigenvalue weighted by Gasteiger charge is -2.10. The normalized spacial score (nSPS) is 10.8. The van der Waals surface area contributed by atoms with Gasteiger partial charge in [-0.15, -0.1) is 5.10 Å². The molecule has 27 heavy (non-hydrogen) atoms. The van der Waals surface area contributed by atoms with Crippen molar-refractivity contribution in [3.8, 4) is 17.1 Å². The van der Waals surface area contributed by atoms with Crippen LogP contribution in [0.5, 0.6) is 0 Å². The molecule has 0 unspecified atom stereocenters.